The number of aryl methyl sites for hydroxylation is 1. The molecule has 0 atom stereocenters. The molecule has 0 bridgehead atoms. The van der Waals surface area contributed by atoms with Crippen LogP contribution in [0.3, 0.4) is 0 Å². The highest BCUT2D eigenvalue weighted by atomic mass is 16.6. The Bertz CT molecular complexity index is 411. The topological polar surface area (TPSA) is 87.3 Å². The normalized spacial score (nSPS) is 10.5. The van der Waals surface area contributed by atoms with Crippen LogP contribution in [0.2, 0.25) is 0 Å². The molecule has 0 aliphatic rings. The first-order valence-corrected chi connectivity index (χ1v) is 4.77. The summed E-state index contributed by atoms with van der Waals surface area (Å²) in [5.74, 6) is -0.298. The SMILES string of the molecule is Cc1nc([N+](=O)[O-])cn1CC(=O)OC(C)C. The van der Waals surface area contributed by atoms with Gasteiger partial charge in [-0.3, -0.25) is 9.36 Å². The Morgan fingerprint density at radius 1 is 1.69 bits per heavy atom. The number of esters is 1. The molecule has 1 aromatic rings. The van der Waals surface area contributed by atoms with Crippen molar-refractivity contribution in [1.29, 1.82) is 0 Å². The number of nitrogens with zero attached hydrogens (tertiary/aromatic N) is 3. The summed E-state index contributed by atoms with van der Waals surface area (Å²) in [7, 11) is 0. The van der Waals surface area contributed by atoms with Gasteiger partial charge < -0.3 is 14.9 Å². The molecule has 0 aromatic carbocycles. The molecule has 0 aliphatic carbocycles. The molecule has 0 saturated carbocycles. The molecule has 7 nitrogen and oxygen atoms in total. The van der Waals surface area contributed by atoms with E-state index in [0.717, 1.165) is 0 Å². The number of hydrogen-bond acceptors (Lipinski definition) is 5. The monoisotopic (exact) mass is 227 g/mol. The van der Waals surface area contributed by atoms with E-state index in [1.54, 1.807) is 20.8 Å². The van der Waals surface area contributed by atoms with Crippen molar-refractivity contribution < 1.29 is 14.5 Å². The molecular formula is C9H13N3O4. The van der Waals surface area contributed by atoms with Crippen LogP contribution in [0.15, 0.2) is 6.20 Å². The van der Waals surface area contributed by atoms with Gasteiger partial charge in [-0.05, 0) is 23.8 Å². The van der Waals surface area contributed by atoms with Crippen molar-refractivity contribution in [3.63, 3.8) is 0 Å². The lowest BCUT2D eigenvalue weighted by atomic mass is 10.5. The van der Waals surface area contributed by atoms with Gasteiger partial charge in [0.25, 0.3) is 0 Å². The van der Waals surface area contributed by atoms with Gasteiger partial charge >= 0.3 is 11.8 Å². The summed E-state index contributed by atoms with van der Waals surface area (Å²) >= 11 is 0. The molecule has 0 saturated heterocycles. The van der Waals surface area contributed by atoms with Gasteiger partial charge in [-0.2, -0.15) is 0 Å². The first kappa shape index (κ1) is 12.2. The van der Waals surface area contributed by atoms with Gasteiger partial charge in [0, 0.05) is 6.92 Å². The summed E-state index contributed by atoms with van der Waals surface area (Å²) in [6.45, 7) is 5.00. The smallest absolute Gasteiger partial charge is 0.381 e. The van der Waals surface area contributed by atoms with Crippen LogP contribution in [0, 0.1) is 17.0 Å². The third-order valence-electron chi connectivity index (χ3n) is 1.82. The molecule has 0 aliphatic heterocycles. The van der Waals surface area contributed by atoms with Crippen LogP contribution in [0.1, 0.15) is 19.7 Å². The molecule has 1 aromatic heterocycles. The molecule has 7 heteroatoms. The van der Waals surface area contributed by atoms with Crippen LogP contribution in [0.5, 0.6) is 0 Å². The zero-order valence-electron chi connectivity index (χ0n) is 9.34. The highest BCUT2D eigenvalue weighted by molar-refractivity contribution is 5.69. The fourth-order valence-corrected chi connectivity index (χ4v) is 1.18. The second kappa shape index (κ2) is 4.73. The Balaban J connectivity index is 2.74. The Kier molecular flexibility index (Phi) is 3.60. The fraction of sp³-hybridized carbons (Fsp3) is 0.556. The maximum absolute atomic E-state index is 11.3. The number of imidazole rings is 1. The Morgan fingerprint density at radius 3 is 2.75 bits per heavy atom. The van der Waals surface area contributed by atoms with Crippen molar-refractivity contribution in [3.05, 3.63) is 22.1 Å². The molecule has 0 fully saturated rings. The Morgan fingerprint density at radius 2 is 2.31 bits per heavy atom. The summed E-state index contributed by atoms with van der Waals surface area (Å²) in [5.41, 5.74) is 0. The summed E-state index contributed by atoms with van der Waals surface area (Å²) < 4.78 is 6.31. The molecular weight excluding hydrogens is 214 g/mol. The van der Waals surface area contributed by atoms with Gasteiger partial charge in [0.2, 0.25) is 5.82 Å². The molecule has 1 rings (SSSR count). The van der Waals surface area contributed by atoms with E-state index >= 15 is 0 Å². The van der Waals surface area contributed by atoms with Crippen LogP contribution in [0.25, 0.3) is 0 Å². The van der Waals surface area contributed by atoms with E-state index in [9.17, 15) is 14.9 Å². The minimum Gasteiger partial charge on any atom is -0.462 e. The number of aromatic nitrogens is 2. The highest BCUT2D eigenvalue weighted by Gasteiger charge is 2.17. The number of ether oxygens (including phenoxy) is 1. The summed E-state index contributed by atoms with van der Waals surface area (Å²) in [5, 5.41) is 10.4. The lowest BCUT2D eigenvalue weighted by molar-refractivity contribution is -0.389. The first-order chi connectivity index (χ1) is 7.40. The Hall–Kier alpha value is -1.92. The maximum Gasteiger partial charge on any atom is 0.381 e. The van der Waals surface area contributed by atoms with Gasteiger partial charge in [-0.1, -0.05) is 0 Å². The van der Waals surface area contributed by atoms with Crippen LogP contribution in [0.4, 0.5) is 5.82 Å². The maximum atomic E-state index is 11.3. The molecule has 1 heterocycles. The predicted octanol–water partition coefficient (Wildman–Crippen LogP) is 1.05. The van der Waals surface area contributed by atoms with E-state index in [1.807, 2.05) is 0 Å². The number of carbonyl (C=O) groups excluding carboxylic acids is 1. The van der Waals surface area contributed by atoms with Crippen molar-refractivity contribution >= 4 is 11.8 Å². The second-order valence-electron chi connectivity index (χ2n) is 3.57. The van der Waals surface area contributed by atoms with E-state index in [2.05, 4.69) is 4.98 Å². The molecule has 0 unspecified atom stereocenters. The second-order valence-corrected chi connectivity index (χ2v) is 3.57. The van der Waals surface area contributed by atoms with Gasteiger partial charge in [-0.15, -0.1) is 0 Å². The number of hydrogen-bond donors (Lipinski definition) is 0. The van der Waals surface area contributed by atoms with Crippen molar-refractivity contribution in [2.75, 3.05) is 0 Å². The van der Waals surface area contributed by atoms with Gasteiger partial charge in [0.05, 0.1) is 6.10 Å². The minimum atomic E-state index is -0.600. The molecule has 88 valence electrons. The van der Waals surface area contributed by atoms with E-state index in [-0.39, 0.29) is 18.5 Å². The van der Waals surface area contributed by atoms with Gasteiger partial charge in [0.1, 0.15) is 12.7 Å². The van der Waals surface area contributed by atoms with Crippen molar-refractivity contribution in [2.45, 2.75) is 33.4 Å². The van der Waals surface area contributed by atoms with Crippen LogP contribution >= 0.6 is 0 Å². The van der Waals surface area contributed by atoms with Crippen LogP contribution < -0.4 is 0 Å². The molecule has 0 radical (unpaired) electrons. The summed E-state index contributed by atoms with van der Waals surface area (Å²) in [6.07, 6.45) is 1.02. The molecule has 0 spiro atoms. The number of rotatable bonds is 4. The van der Waals surface area contributed by atoms with Gasteiger partial charge in [0.15, 0.2) is 0 Å². The molecule has 0 N–H and O–H groups in total. The van der Waals surface area contributed by atoms with E-state index < -0.39 is 10.9 Å². The quantitative estimate of drug-likeness (QED) is 0.436. The number of carbonyl (C=O) groups is 1. The third-order valence-corrected chi connectivity index (χ3v) is 1.82. The van der Waals surface area contributed by atoms with Gasteiger partial charge in [-0.25, -0.2) is 0 Å². The highest BCUT2D eigenvalue weighted by Crippen LogP contribution is 2.10. The largest absolute Gasteiger partial charge is 0.462 e. The van der Waals surface area contributed by atoms with E-state index in [0.29, 0.717) is 5.82 Å². The zero-order chi connectivity index (χ0) is 12.3. The van der Waals surface area contributed by atoms with Crippen molar-refractivity contribution in [3.8, 4) is 0 Å². The van der Waals surface area contributed by atoms with Crippen molar-refractivity contribution in [2.24, 2.45) is 0 Å². The average Bonchev–Trinajstić information content (AvgIpc) is 2.46. The van der Waals surface area contributed by atoms with Crippen molar-refractivity contribution in [1.82, 2.24) is 9.55 Å². The Labute approximate surface area is 92.2 Å². The predicted molar refractivity (Wildman–Crippen MR) is 54.8 cm³/mol. The standard InChI is InChI=1S/C9H13N3O4/c1-6(2)16-9(13)5-11-4-8(12(14)15)10-7(11)3/h4,6H,5H2,1-3H3. The third kappa shape index (κ3) is 3.04. The first-order valence-electron chi connectivity index (χ1n) is 4.77. The van der Waals surface area contributed by atoms with Crippen LogP contribution in [-0.4, -0.2) is 26.5 Å². The molecule has 0 amide bonds. The number of nitro groups is 1. The summed E-state index contributed by atoms with van der Waals surface area (Å²) in [6, 6.07) is 0. The van der Waals surface area contributed by atoms with Crippen LogP contribution in [-0.2, 0) is 16.1 Å². The molecule has 16 heavy (non-hydrogen) atoms. The lowest BCUT2D eigenvalue weighted by Gasteiger charge is -2.07. The summed E-state index contributed by atoms with van der Waals surface area (Å²) in [4.78, 5) is 24.9. The minimum absolute atomic E-state index is 0.0646. The van der Waals surface area contributed by atoms with E-state index in [4.69, 9.17) is 4.74 Å². The average molecular weight is 227 g/mol. The fourth-order valence-electron chi connectivity index (χ4n) is 1.18. The van der Waals surface area contributed by atoms with E-state index in [1.165, 1.54) is 10.8 Å². The zero-order valence-corrected chi connectivity index (χ0v) is 9.34. The lowest BCUT2D eigenvalue weighted by Crippen LogP contribution is -2.17.